The van der Waals surface area contributed by atoms with E-state index >= 15 is 0 Å². The highest BCUT2D eigenvalue weighted by Crippen LogP contribution is 2.39. The van der Waals surface area contributed by atoms with Crippen LogP contribution in [-0.4, -0.2) is 47.4 Å². The Morgan fingerprint density at radius 2 is 2.07 bits per heavy atom. The van der Waals surface area contributed by atoms with Gasteiger partial charge in [0, 0.05) is 19.2 Å². The number of halogens is 3. The SMILES string of the molecule is Bc1csc(S(=O)(=O)Nc2ccc(C(F)(F)F)c(O[C@@H]3CCN(C)C3)c2)c1. The van der Waals surface area contributed by atoms with Gasteiger partial charge in [-0.2, -0.15) is 13.2 Å². The van der Waals surface area contributed by atoms with Crippen LogP contribution in [0.3, 0.4) is 0 Å². The number of benzene rings is 1. The predicted octanol–water partition coefficient (Wildman–Crippen LogP) is 1.91. The quantitative estimate of drug-likeness (QED) is 0.754. The van der Waals surface area contributed by atoms with E-state index in [-0.39, 0.29) is 21.8 Å². The maximum atomic E-state index is 13.3. The molecule has 11 heteroatoms. The fourth-order valence-corrected chi connectivity index (χ4v) is 5.12. The van der Waals surface area contributed by atoms with E-state index in [0.29, 0.717) is 13.0 Å². The zero-order chi connectivity index (χ0) is 19.8. The Labute approximate surface area is 160 Å². The first-order chi connectivity index (χ1) is 12.5. The first-order valence-corrected chi connectivity index (χ1v) is 10.6. The molecule has 0 amide bonds. The molecular formula is C16H18BF3N2O3S2. The van der Waals surface area contributed by atoms with Gasteiger partial charge in [0.1, 0.15) is 23.9 Å². The molecule has 1 aliphatic rings. The first-order valence-electron chi connectivity index (χ1n) is 8.19. The summed E-state index contributed by atoms with van der Waals surface area (Å²) in [5.74, 6) is -0.370. The lowest BCUT2D eigenvalue weighted by atomic mass is 10.0. The lowest BCUT2D eigenvalue weighted by Crippen LogP contribution is -2.23. The third kappa shape index (κ3) is 4.77. The molecule has 1 aromatic carbocycles. The number of rotatable bonds is 5. The van der Waals surface area contributed by atoms with Crippen molar-refractivity contribution < 1.29 is 26.3 Å². The molecule has 0 bridgehead atoms. The Kier molecular flexibility index (Phi) is 5.46. The number of alkyl halides is 3. The van der Waals surface area contributed by atoms with Gasteiger partial charge in [-0.15, -0.1) is 11.3 Å². The minimum absolute atomic E-state index is 0.0235. The lowest BCUT2D eigenvalue weighted by molar-refractivity contribution is -0.139. The van der Waals surface area contributed by atoms with Crippen molar-refractivity contribution >= 4 is 40.4 Å². The number of ether oxygens (including phenoxy) is 1. The molecule has 1 aromatic heterocycles. The third-order valence-electron chi connectivity index (χ3n) is 4.15. The molecule has 27 heavy (non-hydrogen) atoms. The number of hydrogen-bond donors (Lipinski definition) is 1. The minimum atomic E-state index is -4.60. The van der Waals surface area contributed by atoms with Crippen LogP contribution in [0, 0.1) is 0 Å². The van der Waals surface area contributed by atoms with Gasteiger partial charge in [0.15, 0.2) is 0 Å². The average molecular weight is 418 g/mol. The van der Waals surface area contributed by atoms with Crippen LogP contribution in [0.5, 0.6) is 5.75 Å². The van der Waals surface area contributed by atoms with E-state index in [1.54, 1.807) is 13.2 Å². The molecule has 1 N–H and O–H groups in total. The van der Waals surface area contributed by atoms with Gasteiger partial charge >= 0.3 is 6.18 Å². The summed E-state index contributed by atoms with van der Waals surface area (Å²) in [4.78, 5) is 1.96. The molecule has 146 valence electrons. The van der Waals surface area contributed by atoms with Crippen molar-refractivity contribution in [2.24, 2.45) is 0 Å². The maximum Gasteiger partial charge on any atom is 0.419 e. The lowest BCUT2D eigenvalue weighted by Gasteiger charge is -2.19. The van der Waals surface area contributed by atoms with Crippen molar-refractivity contribution in [2.75, 3.05) is 24.9 Å². The van der Waals surface area contributed by atoms with Crippen molar-refractivity contribution in [2.45, 2.75) is 22.9 Å². The highest BCUT2D eigenvalue weighted by Gasteiger charge is 2.36. The van der Waals surface area contributed by atoms with Crippen LogP contribution < -0.4 is 14.9 Å². The largest absolute Gasteiger partial charge is 0.488 e. The second kappa shape index (κ2) is 7.36. The molecule has 2 aromatic rings. The fourth-order valence-electron chi connectivity index (χ4n) is 2.84. The molecule has 0 spiro atoms. The monoisotopic (exact) mass is 418 g/mol. The number of thiophene rings is 1. The van der Waals surface area contributed by atoms with Crippen molar-refractivity contribution in [3.05, 3.63) is 35.2 Å². The second-order valence-corrected chi connectivity index (χ2v) is 9.37. The van der Waals surface area contributed by atoms with Gasteiger partial charge in [0.25, 0.3) is 10.0 Å². The maximum absolute atomic E-state index is 13.3. The molecule has 0 unspecified atom stereocenters. The zero-order valence-corrected chi connectivity index (χ0v) is 16.3. The van der Waals surface area contributed by atoms with Crippen LogP contribution in [0.25, 0.3) is 0 Å². The molecule has 1 fully saturated rings. The molecule has 2 heterocycles. The summed E-state index contributed by atoms with van der Waals surface area (Å²) in [5, 5.41) is 1.69. The van der Waals surface area contributed by atoms with Crippen LogP contribution in [0.4, 0.5) is 18.9 Å². The van der Waals surface area contributed by atoms with Crippen molar-refractivity contribution in [1.29, 1.82) is 0 Å². The molecule has 0 saturated carbocycles. The molecule has 0 aliphatic carbocycles. The van der Waals surface area contributed by atoms with Crippen LogP contribution in [0.2, 0.25) is 0 Å². The van der Waals surface area contributed by atoms with Crippen molar-refractivity contribution in [3.8, 4) is 5.75 Å². The highest BCUT2D eigenvalue weighted by molar-refractivity contribution is 7.94. The van der Waals surface area contributed by atoms with E-state index in [2.05, 4.69) is 4.72 Å². The topological polar surface area (TPSA) is 58.6 Å². The first kappa shape index (κ1) is 20.0. The molecule has 5 nitrogen and oxygen atoms in total. The Hall–Kier alpha value is -1.72. The van der Waals surface area contributed by atoms with Crippen LogP contribution in [0.15, 0.2) is 33.9 Å². The Balaban J connectivity index is 1.89. The molecular weight excluding hydrogens is 400 g/mol. The number of nitrogens with one attached hydrogen (secondary N) is 1. The van der Waals surface area contributed by atoms with Crippen molar-refractivity contribution in [3.63, 3.8) is 0 Å². The Morgan fingerprint density at radius 1 is 1.33 bits per heavy atom. The number of nitrogens with zero attached hydrogens (tertiary/aromatic N) is 1. The second-order valence-electron chi connectivity index (χ2n) is 6.55. The smallest absolute Gasteiger partial charge is 0.419 e. The van der Waals surface area contributed by atoms with Gasteiger partial charge < -0.3 is 9.64 Å². The summed E-state index contributed by atoms with van der Waals surface area (Å²) in [5.41, 5.74) is -0.107. The van der Waals surface area contributed by atoms with Gasteiger partial charge in [0.2, 0.25) is 0 Å². The summed E-state index contributed by atoms with van der Waals surface area (Å²) in [6.07, 6.45) is -4.36. The molecule has 1 atom stereocenters. The zero-order valence-electron chi connectivity index (χ0n) is 14.7. The minimum Gasteiger partial charge on any atom is -0.488 e. The summed E-state index contributed by atoms with van der Waals surface area (Å²) in [6.45, 7) is 1.25. The molecule has 3 rings (SSSR count). The van der Waals surface area contributed by atoms with Gasteiger partial charge in [-0.05, 0) is 37.0 Å². The van der Waals surface area contributed by atoms with Gasteiger partial charge in [0.05, 0.1) is 11.3 Å². The molecule has 0 radical (unpaired) electrons. The molecule has 1 saturated heterocycles. The van der Waals surface area contributed by atoms with E-state index in [1.165, 1.54) is 6.07 Å². The predicted molar refractivity (Wildman–Crippen MR) is 101 cm³/mol. The summed E-state index contributed by atoms with van der Waals surface area (Å²) >= 11 is 1.05. The fraction of sp³-hybridized carbons (Fsp3) is 0.375. The number of sulfonamides is 1. The number of likely N-dealkylation sites (tertiary alicyclic amines) is 1. The Morgan fingerprint density at radius 3 is 2.63 bits per heavy atom. The summed E-state index contributed by atoms with van der Waals surface area (Å²) in [6, 6.07) is 4.53. The Bertz CT molecular complexity index is 931. The number of likely N-dealkylation sites (N-methyl/N-ethyl adjacent to an activating group) is 1. The van der Waals surface area contributed by atoms with Crippen LogP contribution in [-0.2, 0) is 16.2 Å². The van der Waals surface area contributed by atoms with E-state index in [0.717, 1.165) is 41.5 Å². The van der Waals surface area contributed by atoms with Crippen LogP contribution >= 0.6 is 11.3 Å². The van der Waals surface area contributed by atoms with Gasteiger partial charge in [-0.3, -0.25) is 4.72 Å². The highest BCUT2D eigenvalue weighted by atomic mass is 32.2. The standard InChI is InChI=1S/C16H18BF3N2O3S2/c1-22-5-4-12(8-22)25-14-7-11(2-3-13(14)16(18,19)20)21-27(23,24)15-6-10(17)9-26-15/h2-3,6-7,9,12,21H,4-5,8,17H2,1H3/t12-/m1/s1. The van der Waals surface area contributed by atoms with E-state index in [9.17, 15) is 21.6 Å². The van der Waals surface area contributed by atoms with Crippen LogP contribution in [0.1, 0.15) is 12.0 Å². The van der Waals surface area contributed by atoms with Crippen molar-refractivity contribution in [1.82, 2.24) is 4.90 Å². The van der Waals surface area contributed by atoms with E-state index in [4.69, 9.17) is 4.74 Å². The van der Waals surface area contributed by atoms with E-state index in [1.807, 2.05) is 11.9 Å². The van der Waals surface area contributed by atoms with Gasteiger partial charge in [-0.25, -0.2) is 8.42 Å². The summed E-state index contributed by atoms with van der Waals surface area (Å²) < 4.78 is 72.8. The van der Waals surface area contributed by atoms with Gasteiger partial charge in [-0.1, -0.05) is 5.46 Å². The van der Waals surface area contributed by atoms with E-state index < -0.39 is 21.8 Å². The average Bonchev–Trinajstić information content (AvgIpc) is 3.15. The molecule has 1 aliphatic heterocycles. The summed E-state index contributed by atoms with van der Waals surface area (Å²) in [7, 11) is -0.245. The number of hydrogen-bond acceptors (Lipinski definition) is 5. The third-order valence-corrected chi connectivity index (χ3v) is 7.09. The number of anilines is 1. The normalized spacial score (nSPS) is 18.6.